The summed E-state index contributed by atoms with van der Waals surface area (Å²) in [6.07, 6.45) is 0.918. The molecular weight excluding hydrogens is 283 g/mol. The van der Waals surface area contributed by atoms with Crippen molar-refractivity contribution in [2.24, 2.45) is 0 Å². The van der Waals surface area contributed by atoms with Gasteiger partial charge in [0.15, 0.2) is 0 Å². The van der Waals surface area contributed by atoms with Crippen molar-refractivity contribution in [1.29, 1.82) is 5.26 Å². The molecule has 1 aliphatic heterocycles. The van der Waals surface area contributed by atoms with Crippen LogP contribution in [-0.4, -0.2) is 28.6 Å². The topological polar surface area (TPSA) is 67.5 Å². The van der Waals surface area contributed by atoms with E-state index in [9.17, 15) is 10.0 Å². The number of fused-ring (bicyclic) bond motifs is 1. The summed E-state index contributed by atoms with van der Waals surface area (Å²) >= 11 is 1.48. The van der Waals surface area contributed by atoms with Crippen LogP contribution in [0.3, 0.4) is 0 Å². The molecule has 0 aliphatic carbocycles. The van der Waals surface area contributed by atoms with E-state index < -0.39 is 7.12 Å². The molecule has 0 saturated heterocycles. The molecule has 2 aromatic rings. The standard InChI is InChI=1S/C15H15BN2O2S/c17-8-11-3-1-2-4-12(11)9-18-6-5-14-13(10-18)7-15(21-14)16(19)20/h1-4,7,19-20H,5-6,9-10H2. The summed E-state index contributed by atoms with van der Waals surface area (Å²) in [7, 11) is -1.38. The molecule has 0 fully saturated rings. The average molecular weight is 298 g/mol. The third kappa shape index (κ3) is 3.01. The van der Waals surface area contributed by atoms with Crippen molar-refractivity contribution in [3.05, 3.63) is 51.9 Å². The van der Waals surface area contributed by atoms with Gasteiger partial charge in [-0.15, -0.1) is 11.3 Å². The van der Waals surface area contributed by atoms with Crippen LogP contribution < -0.4 is 4.78 Å². The Morgan fingerprint density at radius 3 is 2.90 bits per heavy atom. The number of benzene rings is 1. The summed E-state index contributed by atoms with van der Waals surface area (Å²) in [4.78, 5) is 3.53. The lowest BCUT2D eigenvalue weighted by Gasteiger charge is -2.27. The molecular formula is C15H15BN2O2S. The Morgan fingerprint density at radius 2 is 2.14 bits per heavy atom. The zero-order valence-corrected chi connectivity index (χ0v) is 12.3. The molecule has 1 aliphatic rings. The maximum atomic E-state index is 9.26. The van der Waals surface area contributed by atoms with Gasteiger partial charge in [0.2, 0.25) is 0 Å². The SMILES string of the molecule is N#Cc1ccccc1CN1CCc2sc(B(O)O)cc2C1. The molecule has 1 aromatic heterocycles. The van der Waals surface area contributed by atoms with Crippen LogP contribution in [0.25, 0.3) is 0 Å². The van der Waals surface area contributed by atoms with Crippen LogP contribution in [0.4, 0.5) is 0 Å². The minimum absolute atomic E-state index is 0.610. The van der Waals surface area contributed by atoms with E-state index in [1.165, 1.54) is 21.8 Å². The van der Waals surface area contributed by atoms with Crippen LogP contribution in [0.15, 0.2) is 30.3 Å². The first-order valence-electron chi connectivity index (χ1n) is 6.85. The predicted octanol–water partition coefficient (Wildman–Crippen LogP) is 0.858. The van der Waals surface area contributed by atoms with E-state index in [0.29, 0.717) is 4.78 Å². The normalized spacial score (nSPS) is 14.5. The van der Waals surface area contributed by atoms with Gasteiger partial charge >= 0.3 is 7.12 Å². The summed E-state index contributed by atoms with van der Waals surface area (Å²) in [6, 6.07) is 11.8. The van der Waals surface area contributed by atoms with Gasteiger partial charge in [-0.05, 0) is 29.7 Å². The van der Waals surface area contributed by atoms with Gasteiger partial charge in [0.25, 0.3) is 0 Å². The lowest BCUT2D eigenvalue weighted by molar-refractivity contribution is 0.247. The Kier molecular flexibility index (Phi) is 4.09. The second kappa shape index (κ2) is 6.00. The zero-order valence-electron chi connectivity index (χ0n) is 11.5. The van der Waals surface area contributed by atoms with Gasteiger partial charge in [0, 0.05) is 29.3 Å². The van der Waals surface area contributed by atoms with Gasteiger partial charge in [-0.25, -0.2) is 0 Å². The highest BCUT2D eigenvalue weighted by molar-refractivity contribution is 7.22. The molecule has 2 N–H and O–H groups in total. The van der Waals surface area contributed by atoms with Gasteiger partial charge < -0.3 is 10.0 Å². The van der Waals surface area contributed by atoms with Crippen LogP contribution >= 0.6 is 11.3 Å². The van der Waals surface area contributed by atoms with Crippen molar-refractivity contribution in [2.45, 2.75) is 19.5 Å². The molecule has 0 radical (unpaired) electrons. The van der Waals surface area contributed by atoms with E-state index in [0.717, 1.165) is 37.2 Å². The number of hydrogen-bond acceptors (Lipinski definition) is 5. The highest BCUT2D eigenvalue weighted by atomic mass is 32.1. The summed E-state index contributed by atoms with van der Waals surface area (Å²) in [5.41, 5.74) is 2.94. The lowest BCUT2D eigenvalue weighted by Crippen LogP contribution is -2.29. The van der Waals surface area contributed by atoms with Gasteiger partial charge in [0.1, 0.15) is 0 Å². The van der Waals surface area contributed by atoms with Gasteiger partial charge in [0.05, 0.1) is 11.6 Å². The van der Waals surface area contributed by atoms with Crippen molar-refractivity contribution in [3.8, 4) is 6.07 Å². The fourth-order valence-corrected chi connectivity index (χ4v) is 3.72. The van der Waals surface area contributed by atoms with E-state index in [-0.39, 0.29) is 0 Å². The first kappa shape index (κ1) is 14.3. The summed E-state index contributed by atoms with van der Waals surface area (Å²) in [5.74, 6) is 0. The second-order valence-corrected chi connectivity index (χ2v) is 6.37. The van der Waals surface area contributed by atoms with E-state index in [1.54, 1.807) is 0 Å². The smallest absolute Gasteiger partial charge is 0.423 e. The molecule has 1 aromatic carbocycles. The van der Waals surface area contributed by atoms with Gasteiger partial charge in [-0.1, -0.05) is 18.2 Å². The third-order valence-electron chi connectivity index (χ3n) is 3.75. The molecule has 6 heteroatoms. The molecule has 3 rings (SSSR count). The average Bonchev–Trinajstić information content (AvgIpc) is 2.91. The largest absolute Gasteiger partial charge is 0.499 e. The molecule has 0 atom stereocenters. The van der Waals surface area contributed by atoms with E-state index >= 15 is 0 Å². The number of rotatable bonds is 3. The Labute approximate surface area is 128 Å². The maximum Gasteiger partial charge on any atom is 0.499 e. The third-order valence-corrected chi connectivity index (χ3v) is 5.03. The number of thiophene rings is 1. The number of nitrogens with zero attached hydrogens (tertiary/aromatic N) is 2. The Balaban J connectivity index is 1.76. The fourth-order valence-electron chi connectivity index (χ4n) is 2.68. The number of hydrogen-bond donors (Lipinski definition) is 2. The first-order chi connectivity index (χ1) is 10.2. The van der Waals surface area contributed by atoms with Crippen LogP contribution in [0.5, 0.6) is 0 Å². The van der Waals surface area contributed by atoms with Gasteiger partial charge in [-0.3, -0.25) is 4.90 Å². The highest BCUT2D eigenvalue weighted by Gasteiger charge is 2.23. The Morgan fingerprint density at radius 1 is 1.33 bits per heavy atom. The summed E-state index contributed by atoms with van der Waals surface area (Å²) in [6.45, 7) is 2.46. The maximum absolute atomic E-state index is 9.26. The molecule has 21 heavy (non-hydrogen) atoms. The molecule has 0 amide bonds. The number of nitriles is 1. The van der Waals surface area contributed by atoms with Crippen LogP contribution in [0.2, 0.25) is 0 Å². The summed E-state index contributed by atoms with van der Waals surface area (Å²) in [5, 5.41) is 27.7. The first-order valence-corrected chi connectivity index (χ1v) is 7.67. The summed E-state index contributed by atoms with van der Waals surface area (Å²) < 4.78 is 0.610. The highest BCUT2D eigenvalue weighted by Crippen LogP contribution is 2.24. The predicted molar refractivity (Wildman–Crippen MR) is 83.1 cm³/mol. The molecule has 4 nitrogen and oxygen atoms in total. The Bertz CT molecular complexity index is 693. The van der Waals surface area contributed by atoms with Crippen LogP contribution in [-0.2, 0) is 19.5 Å². The second-order valence-electron chi connectivity index (χ2n) is 5.20. The minimum Gasteiger partial charge on any atom is -0.423 e. The van der Waals surface area contributed by atoms with Crippen molar-refractivity contribution in [3.63, 3.8) is 0 Å². The van der Waals surface area contributed by atoms with Crippen molar-refractivity contribution < 1.29 is 10.0 Å². The zero-order chi connectivity index (χ0) is 14.8. The van der Waals surface area contributed by atoms with Gasteiger partial charge in [-0.2, -0.15) is 5.26 Å². The van der Waals surface area contributed by atoms with Crippen molar-refractivity contribution >= 4 is 23.2 Å². The quantitative estimate of drug-likeness (QED) is 0.825. The van der Waals surface area contributed by atoms with E-state index in [4.69, 9.17) is 5.26 Å². The molecule has 106 valence electrons. The van der Waals surface area contributed by atoms with Crippen molar-refractivity contribution in [2.75, 3.05) is 6.54 Å². The molecule has 0 saturated carbocycles. The molecule has 0 unspecified atom stereocenters. The van der Waals surface area contributed by atoms with Crippen LogP contribution in [0, 0.1) is 11.3 Å². The minimum atomic E-state index is -1.38. The van der Waals surface area contributed by atoms with E-state index in [2.05, 4.69) is 11.0 Å². The van der Waals surface area contributed by atoms with Crippen molar-refractivity contribution in [1.82, 2.24) is 4.90 Å². The van der Waals surface area contributed by atoms with E-state index in [1.807, 2.05) is 30.3 Å². The fraction of sp³-hybridized carbons (Fsp3) is 0.267. The van der Waals surface area contributed by atoms with Crippen LogP contribution in [0.1, 0.15) is 21.6 Å². The Hall–Kier alpha value is -1.65. The molecule has 0 spiro atoms. The molecule has 2 heterocycles. The monoisotopic (exact) mass is 298 g/mol. The molecule has 0 bridgehead atoms. The lowest BCUT2D eigenvalue weighted by atomic mass is 9.88.